The molecule has 0 heterocycles. The van der Waals surface area contributed by atoms with Crippen LogP contribution in [0.15, 0.2) is 0 Å². The Morgan fingerprint density at radius 1 is 1.08 bits per heavy atom. The monoisotopic (exact) mass is 172 g/mol. The van der Waals surface area contributed by atoms with E-state index in [9.17, 15) is 0 Å². The van der Waals surface area contributed by atoms with E-state index in [1.54, 1.807) is 0 Å². The highest BCUT2D eigenvalue weighted by Crippen LogP contribution is 2.04. The van der Waals surface area contributed by atoms with Gasteiger partial charge >= 0.3 is 0 Å². The third kappa shape index (κ3) is 5.56. The van der Waals surface area contributed by atoms with E-state index in [0.717, 1.165) is 19.0 Å². The Hall–Kier alpha value is -0.0800. The zero-order chi connectivity index (χ0) is 9.56. The Bertz CT molecular complexity index is 100. The molecule has 0 saturated carbocycles. The van der Waals surface area contributed by atoms with Crippen LogP contribution < -0.4 is 5.73 Å². The van der Waals surface area contributed by atoms with Gasteiger partial charge in [-0.2, -0.15) is 0 Å². The van der Waals surface area contributed by atoms with Gasteiger partial charge < -0.3 is 5.73 Å². The second-order valence-corrected chi connectivity index (χ2v) is 4.10. The lowest BCUT2D eigenvalue weighted by Gasteiger charge is -2.26. The maximum Gasteiger partial charge on any atom is 0.0107 e. The van der Waals surface area contributed by atoms with Crippen molar-refractivity contribution in [2.75, 3.05) is 19.6 Å². The van der Waals surface area contributed by atoms with Crippen LogP contribution in [0.1, 0.15) is 34.1 Å². The first-order valence-corrected chi connectivity index (χ1v) is 5.02. The Kier molecular flexibility index (Phi) is 6.39. The molecule has 0 amide bonds. The largest absolute Gasteiger partial charge is 0.329 e. The Labute approximate surface area is 77.1 Å². The van der Waals surface area contributed by atoms with Crippen molar-refractivity contribution in [1.29, 1.82) is 0 Å². The zero-order valence-electron chi connectivity index (χ0n) is 9.01. The van der Waals surface area contributed by atoms with Gasteiger partial charge in [0, 0.05) is 19.1 Å². The van der Waals surface area contributed by atoms with Crippen molar-refractivity contribution < 1.29 is 0 Å². The smallest absolute Gasteiger partial charge is 0.0107 e. The summed E-state index contributed by atoms with van der Waals surface area (Å²) in [5, 5.41) is 0. The van der Waals surface area contributed by atoms with Crippen molar-refractivity contribution in [2.24, 2.45) is 11.7 Å². The minimum Gasteiger partial charge on any atom is -0.329 e. The summed E-state index contributed by atoms with van der Waals surface area (Å²) in [4.78, 5) is 2.44. The van der Waals surface area contributed by atoms with Crippen molar-refractivity contribution in [2.45, 2.75) is 40.2 Å². The average molecular weight is 172 g/mol. The lowest BCUT2D eigenvalue weighted by Crippen LogP contribution is -2.36. The van der Waals surface area contributed by atoms with Gasteiger partial charge in [-0.15, -0.1) is 0 Å². The van der Waals surface area contributed by atoms with E-state index < -0.39 is 0 Å². The third-order valence-corrected chi connectivity index (χ3v) is 2.14. The highest BCUT2D eigenvalue weighted by atomic mass is 15.1. The number of nitrogens with two attached hydrogens (primary N) is 1. The molecule has 0 aliphatic rings. The second-order valence-electron chi connectivity index (χ2n) is 4.10. The Balaban J connectivity index is 3.63. The van der Waals surface area contributed by atoms with Gasteiger partial charge in [-0.3, -0.25) is 4.90 Å². The summed E-state index contributed by atoms with van der Waals surface area (Å²) in [6.45, 7) is 12.0. The molecule has 0 aliphatic heterocycles. The van der Waals surface area contributed by atoms with Crippen molar-refractivity contribution >= 4 is 0 Å². The number of hydrogen-bond acceptors (Lipinski definition) is 2. The molecule has 0 fully saturated rings. The molecule has 2 N–H and O–H groups in total. The van der Waals surface area contributed by atoms with Crippen LogP contribution in [0.25, 0.3) is 0 Å². The highest BCUT2D eigenvalue weighted by Gasteiger charge is 2.07. The quantitative estimate of drug-likeness (QED) is 0.661. The van der Waals surface area contributed by atoms with Crippen molar-refractivity contribution in [3.05, 3.63) is 0 Å². The fourth-order valence-electron chi connectivity index (χ4n) is 1.22. The zero-order valence-corrected chi connectivity index (χ0v) is 9.01. The molecule has 0 atom stereocenters. The third-order valence-electron chi connectivity index (χ3n) is 2.14. The van der Waals surface area contributed by atoms with Crippen LogP contribution in [0.3, 0.4) is 0 Å². The minimum absolute atomic E-state index is 0.632. The van der Waals surface area contributed by atoms with E-state index in [2.05, 4.69) is 32.6 Å². The summed E-state index contributed by atoms with van der Waals surface area (Å²) in [5.74, 6) is 0.795. The van der Waals surface area contributed by atoms with Gasteiger partial charge in [0.25, 0.3) is 0 Å². The molecule has 2 nitrogen and oxygen atoms in total. The second kappa shape index (κ2) is 6.44. The molecule has 0 bridgehead atoms. The summed E-state index contributed by atoms with van der Waals surface area (Å²) in [5.41, 5.74) is 5.53. The number of hydrogen-bond donors (Lipinski definition) is 1. The highest BCUT2D eigenvalue weighted by molar-refractivity contribution is 4.63. The molecule has 0 aliphatic carbocycles. The van der Waals surface area contributed by atoms with E-state index >= 15 is 0 Å². The van der Waals surface area contributed by atoms with Crippen LogP contribution >= 0.6 is 0 Å². The molecule has 0 aromatic rings. The molecule has 0 aromatic heterocycles. The van der Waals surface area contributed by atoms with Crippen LogP contribution in [0, 0.1) is 5.92 Å². The number of rotatable bonds is 6. The minimum atomic E-state index is 0.632. The average Bonchev–Trinajstić information content (AvgIpc) is 1.96. The molecular formula is C10H24N2. The Morgan fingerprint density at radius 2 is 1.67 bits per heavy atom. The van der Waals surface area contributed by atoms with Gasteiger partial charge in [0.15, 0.2) is 0 Å². The summed E-state index contributed by atoms with van der Waals surface area (Å²) in [7, 11) is 0. The van der Waals surface area contributed by atoms with Crippen molar-refractivity contribution in [1.82, 2.24) is 4.90 Å². The molecule has 12 heavy (non-hydrogen) atoms. The molecule has 0 saturated heterocycles. The molecule has 0 spiro atoms. The summed E-state index contributed by atoms with van der Waals surface area (Å²) >= 11 is 0. The molecule has 0 rings (SSSR count). The fraction of sp³-hybridized carbons (Fsp3) is 1.00. The maximum atomic E-state index is 5.53. The van der Waals surface area contributed by atoms with Gasteiger partial charge in [-0.1, -0.05) is 13.8 Å². The maximum absolute atomic E-state index is 5.53. The lowest BCUT2D eigenvalue weighted by atomic mass is 10.1. The fourth-order valence-corrected chi connectivity index (χ4v) is 1.22. The SMILES string of the molecule is CC(C)CCN(CCN)C(C)C. The molecule has 74 valence electrons. The molecule has 0 radical (unpaired) electrons. The predicted molar refractivity (Wildman–Crippen MR) is 55.2 cm³/mol. The van der Waals surface area contributed by atoms with E-state index in [1.807, 2.05) is 0 Å². The Morgan fingerprint density at radius 3 is 2.00 bits per heavy atom. The van der Waals surface area contributed by atoms with Gasteiger partial charge in [0.1, 0.15) is 0 Å². The van der Waals surface area contributed by atoms with Crippen LogP contribution in [0.5, 0.6) is 0 Å². The van der Waals surface area contributed by atoms with Crippen molar-refractivity contribution in [3.8, 4) is 0 Å². The van der Waals surface area contributed by atoms with Crippen LogP contribution in [0.4, 0.5) is 0 Å². The van der Waals surface area contributed by atoms with Crippen molar-refractivity contribution in [3.63, 3.8) is 0 Å². The van der Waals surface area contributed by atoms with Gasteiger partial charge in [0.2, 0.25) is 0 Å². The topological polar surface area (TPSA) is 29.3 Å². The van der Waals surface area contributed by atoms with Crippen LogP contribution in [-0.2, 0) is 0 Å². The first-order valence-electron chi connectivity index (χ1n) is 5.02. The molecule has 2 heteroatoms. The van der Waals surface area contributed by atoms with E-state index in [1.165, 1.54) is 13.0 Å². The standard InChI is InChI=1S/C10H24N2/c1-9(2)5-7-12(8-6-11)10(3)4/h9-10H,5-8,11H2,1-4H3. The summed E-state index contributed by atoms with van der Waals surface area (Å²) in [6, 6.07) is 0.632. The first kappa shape index (κ1) is 11.9. The van der Waals surface area contributed by atoms with Crippen LogP contribution in [0.2, 0.25) is 0 Å². The lowest BCUT2D eigenvalue weighted by molar-refractivity contribution is 0.215. The molecule has 0 unspecified atom stereocenters. The normalized spacial score (nSPS) is 12.0. The predicted octanol–water partition coefficient (Wildman–Crippen LogP) is 1.70. The van der Waals surface area contributed by atoms with E-state index in [4.69, 9.17) is 5.73 Å². The van der Waals surface area contributed by atoms with Crippen LogP contribution in [-0.4, -0.2) is 30.6 Å². The molecular weight excluding hydrogens is 148 g/mol. The van der Waals surface area contributed by atoms with Gasteiger partial charge in [-0.05, 0) is 32.7 Å². The molecule has 0 aromatic carbocycles. The van der Waals surface area contributed by atoms with E-state index in [-0.39, 0.29) is 0 Å². The summed E-state index contributed by atoms with van der Waals surface area (Å²) < 4.78 is 0. The van der Waals surface area contributed by atoms with E-state index in [0.29, 0.717) is 6.04 Å². The van der Waals surface area contributed by atoms with Gasteiger partial charge in [-0.25, -0.2) is 0 Å². The van der Waals surface area contributed by atoms with Gasteiger partial charge in [0.05, 0.1) is 0 Å². The number of nitrogens with zero attached hydrogens (tertiary/aromatic N) is 1. The first-order chi connectivity index (χ1) is 5.57. The summed E-state index contributed by atoms with van der Waals surface area (Å²) in [6.07, 6.45) is 1.28.